The van der Waals surface area contributed by atoms with Crippen LogP contribution in [0.1, 0.15) is 68.1 Å². The molecule has 24 heavy (non-hydrogen) atoms. The number of carbonyl (C=O) groups excluding carboxylic acids is 2. The van der Waals surface area contributed by atoms with Gasteiger partial charge in [-0.3, -0.25) is 9.59 Å². The number of hydrogen-bond acceptors (Lipinski definition) is 3. The van der Waals surface area contributed by atoms with Crippen molar-refractivity contribution >= 4 is 11.8 Å². The van der Waals surface area contributed by atoms with Gasteiger partial charge in [0.1, 0.15) is 6.26 Å². The van der Waals surface area contributed by atoms with Crippen molar-refractivity contribution in [1.29, 1.82) is 0 Å². The topological polar surface area (TPSA) is 62.6 Å². The van der Waals surface area contributed by atoms with Crippen LogP contribution < -0.4 is 5.32 Å². The number of carbonyl (C=O) groups is 2. The molecule has 1 saturated heterocycles. The van der Waals surface area contributed by atoms with E-state index in [0.29, 0.717) is 25.1 Å². The fraction of sp³-hybridized carbons (Fsp3) is 0.684. The minimum Gasteiger partial charge on any atom is -0.472 e. The van der Waals surface area contributed by atoms with Crippen molar-refractivity contribution in [3.05, 3.63) is 24.2 Å². The summed E-state index contributed by atoms with van der Waals surface area (Å²) in [6.45, 7) is 1.38. The van der Waals surface area contributed by atoms with Crippen LogP contribution in [0, 0.1) is 5.92 Å². The van der Waals surface area contributed by atoms with E-state index in [1.54, 1.807) is 6.07 Å². The number of nitrogens with one attached hydrogen (secondary N) is 1. The molecule has 5 heteroatoms. The molecule has 1 saturated carbocycles. The van der Waals surface area contributed by atoms with Gasteiger partial charge in [0, 0.05) is 25.6 Å². The molecule has 2 heterocycles. The van der Waals surface area contributed by atoms with Gasteiger partial charge >= 0.3 is 0 Å². The van der Waals surface area contributed by atoms with E-state index >= 15 is 0 Å². The molecule has 1 N–H and O–H groups in total. The van der Waals surface area contributed by atoms with Crippen molar-refractivity contribution in [2.75, 3.05) is 13.1 Å². The Morgan fingerprint density at radius 2 is 1.88 bits per heavy atom. The van der Waals surface area contributed by atoms with E-state index in [1.165, 1.54) is 44.6 Å². The third-order valence-electron chi connectivity index (χ3n) is 5.42. The number of hydrogen-bond donors (Lipinski definition) is 1. The Morgan fingerprint density at radius 1 is 1.12 bits per heavy atom. The molecule has 2 aliphatic rings. The van der Waals surface area contributed by atoms with Crippen molar-refractivity contribution in [3.63, 3.8) is 0 Å². The molecule has 0 atom stereocenters. The molecular weight excluding hydrogens is 304 g/mol. The summed E-state index contributed by atoms with van der Waals surface area (Å²) < 4.78 is 4.97. The Morgan fingerprint density at radius 3 is 2.54 bits per heavy atom. The average Bonchev–Trinajstić information content (AvgIpc) is 3.16. The molecule has 2 fully saturated rings. The molecule has 0 unspecified atom stereocenters. The molecule has 1 aliphatic heterocycles. The van der Waals surface area contributed by atoms with E-state index in [9.17, 15) is 9.59 Å². The SMILES string of the molecule is O=C(CCC1CCCCC1)NC1CCN(C(=O)c2ccoc2)CC1. The maximum absolute atomic E-state index is 12.2. The number of rotatable bonds is 5. The Labute approximate surface area is 143 Å². The minimum absolute atomic E-state index is 0.0193. The summed E-state index contributed by atoms with van der Waals surface area (Å²) in [7, 11) is 0. The van der Waals surface area contributed by atoms with Gasteiger partial charge in [0.15, 0.2) is 0 Å². The zero-order chi connectivity index (χ0) is 16.8. The lowest BCUT2D eigenvalue weighted by Gasteiger charge is -2.32. The van der Waals surface area contributed by atoms with Gasteiger partial charge in [-0.25, -0.2) is 0 Å². The Balaban J connectivity index is 1.35. The summed E-state index contributed by atoms with van der Waals surface area (Å²) >= 11 is 0. The van der Waals surface area contributed by atoms with Gasteiger partial charge in [0.05, 0.1) is 11.8 Å². The van der Waals surface area contributed by atoms with Gasteiger partial charge in [-0.2, -0.15) is 0 Å². The van der Waals surface area contributed by atoms with E-state index in [1.807, 2.05) is 4.90 Å². The smallest absolute Gasteiger partial charge is 0.257 e. The Bertz CT molecular complexity index is 527. The Hall–Kier alpha value is -1.78. The van der Waals surface area contributed by atoms with Crippen LogP contribution in [0.15, 0.2) is 23.0 Å². The van der Waals surface area contributed by atoms with Crippen LogP contribution in [0.25, 0.3) is 0 Å². The van der Waals surface area contributed by atoms with Crippen LogP contribution >= 0.6 is 0 Å². The number of amides is 2. The van der Waals surface area contributed by atoms with Crippen LogP contribution in [-0.2, 0) is 4.79 Å². The van der Waals surface area contributed by atoms with E-state index in [0.717, 1.165) is 25.2 Å². The van der Waals surface area contributed by atoms with Gasteiger partial charge in [-0.05, 0) is 31.2 Å². The van der Waals surface area contributed by atoms with E-state index in [4.69, 9.17) is 4.42 Å². The van der Waals surface area contributed by atoms with Crippen LogP contribution in [0.5, 0.6) is 0 Å². The number of piperidine rings is 1. The normalized spacial score (nSPS) is 20.1. The molecule has 132 valence electrons. The number of nitrogens with zero attached hydrogens (tertiary/aromatic N) is 1. The zero-order valence-electron chi connectivity index (χ0n) is 14.3. The van der Waals surface area contributed by atoms with Crippen LogP contribution in [-0.4, -0.2) is 35.8 Å². The van der Waals surface area contributed by atoms with Gasteiger partial charge in [-0.15, -0.1) is 0 Å². The lowest BCUT2D eigenvalue weighted by atomic mass is 9.86. The second-order valence-corrected chi connectivity index (χ2v) is 7.19. The van der Waals surface area contributed by atoms with Crippen molar-refractivity contribution in [3.8, 4) is 0 Å². The largest absolute Gasteiger partial charge is 0.472 e. The van der Waals surface area contributed by atoms with E-state index in [2.05, 4.69) is 5.32 Å². The summed E-state index contributed by atoms with van der Waals surface area (Å²) in [6.07, 6.45) is 13.0. The third-order valence-corrected chi connectivity index (χ3v) is 5.42. The van der Waals surface area contributed by atoms with Gasteiger partial charge in [0.25, 0.3) is 5.91 Å². The lowest BCUT2D eigenvalue weighted by molar-refractivity contribution is -0.122. The zero-order valence-corrected chi connectivity index (χ0v) is 14.3. The minimum atomic E-state index is 0.0193. The van der Waals surface area contributed by atoms with Crippen molar-refractivity contribution in [2.24, 2.45) is 5.92 Å². The maximum atomic E-state index is 12.2. The van der Waals surface area contributed by atoms with Gasteiger partial charge < -0.3 is 14.6 Å². The van der Waals surface area contributed by atoms with Crippen molar-refractivity contribution in [1.82, 2.24) is 10.2 Å². The molecule has 1 aliphatic carbocycles. The highest BCUT2D eigenvalue weighted by molar-refractivity contribution is 5.93. The second-order valence-electron chi connectivity index (χ2n) is 7.19. The summed E-state index contributed by atoms with van der Waals surface area (Å²) in [6, 6.07) is 1.90. The highest BCUT2D eigenvalue weighted by Gasteiger charge is 2.25. The fourth-order valence-electron chi connectivity index (χ4n) is 3.91. The van der Waals surface area contributed by atoms with Crippen LogP contribution in [0.3, 0.4) is 0 Å². The molecule has 1 aromatic heterocycles. The molecule has 1 aromatic rings. The first-order valence-electron chi connectivity index (χ1n) is 9.33. The summed E-state index contributed by atoms with van der Waals surface area (Å²) in [5.74, 6) is 0.949. The molecule has 0 radical (unpaired) electrons. The molecular formula is C19H28N2O3. The molecule has 0 bridgehead atoms. The first-order chi connectivity index (χ1) is 11.7. The van der Waals surface area contributed by atoms with Gasteiger partial charge in [-0.1, -0.05) is 32.1 Å². The summed E-state index contributed by atoms with van der Waals surface area (Å²) in [4.78, 5) is 26.2. The summed E-state index contributed by atoms with van der Waals surface area (Å²) in [5, 5.41) is 3.16. The quantitative estimate of drug-likeness (QED) is 0.899. The summed E-state index contributed by atoms with van der Waals surface area (Å²) in [5.41, 5.74) is 0.602. The predicted octanol–water partition coefficient (Wildman–Crippen LogP) is 3.36. The molecule has 2 amide bonds. The fourth-order valence-corrected chi connectivity index (χ4v) is 3.91. The van der Waals surface area contributed by atoms with Crippen LogP contribution in [0.4, 0.5) is 0 Å². The standard InChI is InChI=1S/C19H28N2O3/c22-18(7-6-15-4-2-1-3-5-15)20-17-8-11-21(12-9-17)19(23)16-10-13-24-14-16/h10,13-15,17H,1-9,11-12H2,(H,20,22). The molecule has 0 aromatic carbocycles. The highest BCUT2D eigenvalue weighted by Crippen LogP contribution is 2.27. The average molecular weight is 332 g/mol. The van der Waals surface area contributed by atoms with Crippen LogP contribution in [0.2, 0.25) is 0 Å². The Kier molecular flexibility index (Phi) is 5.94. The van der Waals surface area contributed by atoms with E-state index in [-0.39, 0.29) is 17.9 Å². The number of likely N-dealkylation sites (tertiary alicyclic amines) is 1. The maximum Gasteiger partial charge on any atom is 0.257 e. The molecule has 0 spiro atoms. The lowest BCUT2D eigenvalue weighted by Crippen LogP contribution is -2.46. The molecule has 5 nitrogen and oxygen atoms in total. The first-order valence-corrected chi connectivity index (χ1v) is 9.33. The van der Waals surface area contributed by atoms with E-state index < -0.39 is 0 Å². The predicted molar refractivity (Wildman–Crippen MR) is 91.6 cm³/mol. The third kappa shape index (κ3) is 4.62. The highest BCUT2D eigenvalue weighted by atomic mass is 16.3. The first kappa shape index (κ1) is 17.1. The molecule has 3 rings (SSSR count). The van der Waals surface area contributed by atoms with Crippen molar-refractivity contribution in [2.45, 2.75) is 63.8 Å². The van der Waals surface area contributed by atoms with Crippen molar-refractivity contribution < 1.29 is 14.0 Å². The second kappa shape index (κ2) is 8.36. The monoisotopic (exact) mass is 332 g/mol. The van der Waals surface area contributed by atoms with Gasteiger partial charge in [0.2, 0.25) is 5.91 Å². The number of furan rings is 1.